The summed E-state index contributed by atoms with van der Waals surface area (Å²) in [7, 11) is 0. The Bertz CT molecular complexity index is 605. The first-order chi connectivity index (χ1) is 11.9. The van der Waals surface area contributed by atoms with E-state index in [0.717, 1.165) is 12.8 Å². The van der Waals surface area contributed by atoms with Crippen molar-refractivity contribution in [1.82, 2.24) is 10.9 Å². The molecule has 6 heteroatoms. The van der Waals surface area contributed by atoms with Crippen LogP contribution in [0.2, 0.25) is 0 Å². The van der Waals surface area contributed by atoms with Gasteiger partial charge in [-0.1, -0.05) is 26.7 Å². The highest BCUT2D eigenvalue weighted by molar-refractivity contribution is 5.96. The highest BCUT2D eigenvalue weighted by atomic mass is 16.2. The van der Waals surface area contributed by atoms with Crippen molar-refractivity contribution in [2.75, 3.05) is 5.32 Å². The summed E-state index contributed by atoms with van der Waals surface area (Å²) in [4.78, 5) is 35.6. The van der Waals surface area contributed by atoms with Crippen molar-refractivity contribution >= 4 is 23.4 Å². The number of amides is 3. The summed E-state index contributed by atoms with van der Waals surface area (Å²) in [5.41, 5.74) is 5.97. The van der Waals surface area contributed by atoms with Gasteiger partial charge in [0.05, 0.1) is 0 Å². The Labute approximate surface area is 148 Å². The van der Waals surface area contributed by atoms with Gasteiger partial charge in [0.1, 0.15) is 0 Å². The molecule has 0 radical (unpaired) electrons. The van der Waals surface area contributed by atoms with Gasteiger partial charge in [-0.15, -0.1) is 0 Å². The lowest BCUT2D eigenvalue weighted by atomic mass is 10.0. The predicted octanol–water partition coefficient (Wildman–Crippen LogP) is 3.01. The van der Waals surface area contributed by atoms with Crippen molar-refractivity contribution in [3.05, 3.63) is 29.8 Å². The highest BCUT2D eigenvalue weighted by Crippen LogP contribution is 2.27. The Morgan fingerprint density at radius 2 is 1.64 bits per heavy atom. The zero-order valence-electron chi connectivity index (χ0n) is 14.9. The molecule has 6 nitrogen and oxygen atoms in total. The number of carbonyl (C=O) groups is 3. The average Bonchev–Trinajstić information content (AvgIpc) is 3.05. The Morgan fingerprint density at radius 1 is 1.00 bits per heavy atom. The van der Waals surface area contributed by atoms with Crippen LogP contribution in [0.3, 0.4) is 0 Å². The van der Waals surface area contributed by atoms with Gasteiger partial charge in [-0.3, -0.25) is 25.2 Å². The SMILES string of the molecule is CC(C)CC(=O)Nc1ccc(C(=O)NNC(=O)CC2CCCC2)cc1. The molecule has 0 saturated heterocycles. The number of nitrogens with one attached hydrogen (secondary N) is 3. The summed E-state index contributed by atoms with van der Waals surface area (Å²) >= 11 is 0. The molecule has 1 aliphatic rings. The molecule has 0 atom stereocenters. The van der Waals surface area contributed by atoms with Crippen LogP contribution in [0.5, 0.6) is 0 Å². The van der Waals surface area contributed by atoms with E-state index in [-0.39, 0.29) is 23.6 Å². The summed E-state index contributed by atoms with van der Waals surface area (Å²) < 4.78 is 0. The average molecular weight is 345 g/mol. The second-order valence-electron chi connectivity index (χ2n) is 7.08. The topological polar surface area (TPSA) is 87.3 Å². The number of hydrazine groups is 1. The first-order valence-electron chi connectivity index (χ1n) is 8.93. The van der Waals surface area contributed by atoms with Gasteiger partial charge in [0.15, 0.2) is 0 Å². The van der Waals surface area contributed by atoms with Crippen molar-refractivity contribution < 1.29 is 14.4 Å². The largest absolute Gasteiger partial charge is 0.326 e. The fourth-order valence-corrected chi connectivity index (χ4v) is 3.01. The maximum absolute atomic E-state index is 12.1. The Morgan fingerprint density at radius 3 is 2.24 bits per heavy atom. The van der Waals surface area contributed by atoms with E-state index in [2.05, 4.69) is 16.2 Å². The Hall–Kier alpha value is -2.37. The quantitative estimate of drug-likeness (QED) is 0.693. The third-order valence-electron chi connectivity index (χ3n) is 4.29. The van der Waals surface area contributed by atoms with Crippen LogP contribution >= 0.6 is 0 Å². The van der Waals surface area contributed by atoms with E-state index < -0.39 is 0 Å². The van der Waals surface area contributed by atoms with Gasteiger partial charge in [0.2, 0.25) is 11.8 Å². The first kappa shape index (κ1) is 19.0. The van der Waals surface area contributed by atoms with Crippen molar-refractivity contribution in [2.24, 2.45) is 11.8 Å². The molecule has 1 fully saturated rings. The fourth-order valence-electron chi connectivity index (χ4n) is 3.01. The zero-order chi connectivity index (χ0) is 18.2. The number of carbonyl (C=O) groups excluding carboxylic acids is 3. The van der Waals surface area contributed by atoms with Gasteiger partial charge < -0.3 is 5.32 Å². The standard InChI is InChI=1S/C19H27N3O3/c1-13(2)11-17(23)20-16-9-7-15(8-10-16)19(25)22-21-18(24)12-14-5-3-4-6-14/h7-10,13-14H,3-6,11-12H2,1-2H3,(H,20,23)(H,21,24)(H,22,25). The van der Waals surface area contributed by atoms with Crippen LogP contribution in [0.15, 0.2) is 24.3 Å². The van der Waals surface area contributed by atoms with Gasteiger partial charge in [0, 0.05) is 24.1 Å². The van der Waals surface area contributed by atoms with Crippen LogP contribution in [0.4, 0.5) is 5.69 Å². The van der Waals surface area contributed by atoms with Gasteiger partial charge in [-0.05, 0) is 48.9 Å². The van der Waals surface area contributed by atoms with Gasteiger partial charge >= 0.3 is 0 Å². The lowest BCUT2D eigenvalue weighted by Gasteiger charge is -2.11. The number of hydrogen-bond acceptors (Lipinski definition) is 3. The van der Waals surface area contributed by atoms with Crippen LogP contribution < -0.4 is 16.2 Å². The van der Waals surface area contributed by atoms with Crippen LogP contribution in [0.1, 0.15) is 62.7 Å². The van der Waals surface area contributed by atoms with E-state index in [0.29, 0.717) is 30.0 Å². The minimum atomic E-state index is -0.375. The summed E-state index contributed by atoms with van der Waals surface area (Å²) in [6, 6.07) is 6.58. The number of anilines is 1. The molecule has 1 saturated carbocycles. The van der Waals surface area contributed by atoms with E-state index in [1.54, 1.807) is 24.3 Å². The summed E-state index contributed by atoms with van der Waals surface area (Å²) in [6.07, 6.45) is 5.46. The molecular formula is C19H27N3O3. The van der Waals surface area contributed by atoms with Crippen molar-refractivity contribution in [1.29, 1.82) is 0 Å². The maximum Gasteiger partial charge on any atom is 0.269 e. The maximum atomic E-state index is 12.1. The van der Waals surface area contributed by atoms with E-state index in [4.69, 9.17) is 0 Å². The van der Waals surface area contributed by atoms with Crippen LogP contribution in [0.25, 0.3) is 0 Å². The molecule has 0 bridgehead atoms. The van der Waals surface area contributed by atoms with Crippen molar-refractivity contribution in [3.63, 3.8) is 0 Å². The molecule has 2 rings (SSSR count). The molecule has 25 heavy (non-hydrogen) atoms. The smallest absolute Gasteiger partial charge is 0.269 e. The monoisotopic (exact) mass is 345 g/mol. The fraction of sp³-hybridized carbons (Fsp3) is 0.526. The summed E-state index contributed by atoms with van der Waals surface area (Å²) in [6.45, 7) is 3.96. The molecule has 0 aliphatic heterocycles. The van der Waals surface area contributed by atoms with Crippen LogP contribution in [-0.4, -0.2) is 17.7 Å². The molecule has 1 aromatic rings. The molecule has 3 N–H and O–H groups in total. The minimum Gasteiger partial charge on any atom is -0.326 e. The summed E-state index contributed by atoms with van der Waals surface area (Å²) in [5.74, 6) is 0.146. The highest BCUT2D eigenvalue weighted by Gasteiger charge is 2.18. The molecule has 0 heterocycles. The lowest BCUT2D eigenvalue weighted by molar-refractivity contribution is -0.122. The number of rotatable bonds is 6. The second kappa shape index (κ2) is 9.20. The van der Waals surface area contributed by atoms with Gasteiger partial charge in [0.25, 0.3) is 5.91 Å². The molecule has 0 spiro atoms. The van der Waals surface area contributed by atoms with Gasteiger partial charge in [-0.25, -0.2) is 0 Å². The van der Waals surface area contributed by atoms with Crippen LogP contribution in [0, 0.1) is 11.8 Å². The second-order valence-corrected chi connectivity index (χ2v) is 7.08. The molecule has 0 unspecified atom stereocenters. The van der Waals surface area contributed by atoms with Crippen molar-refractivity contribution in [2.45, 2.75) is 52.4 Å². The van der Waals surface area contributed by atoms with Crippen molar-refractivity contribution in [3.8, 4) is 0 Å². The Kier molecular flexibility index (Phi) is 6.98. The van der Waals surface area contributed by atoms with E-state index in [9.17, 15) is 14.4 Å². The van der Waals surface area contributed by atoms with Crippen LogP contribution in [-0.2, 0) is 9.59 Å². The van der Waals surface area contributed by atoms with E-state index in [1.165, 1.54) is 12.8 Å². The molecule has 0 aromatic heterocycles. The Balaban J connectivity index is 1.77. The zero-order valence-corrected chi connectivity index (χ0v) is 14.9. The first-order valence-corrected chi connectivity index (χ1v) is 8.93. The minimum absolute atomic E-state index is 0.0497. The molecule has 1 aromatic carbocycles. The van der Waals surface area contributed by atoms with E-state index in [1.807, 2.05) is 13.8 Å². The lowest BCUT2D eigenvalue weighted by Crippen LogP contribution is -2.42. The normalized spacial score (nSPS) is 14.4. The number of benzene rings is 1. The number of hydrogen-bond donors (Lipinski definition) is 3. The predicted molar refractivity (Wildman–Crippen MR) is 96.7 cm³/mol. The third kappa shape index (κ3) is 6.57. The molecule has 3 amide bonds. The van der Waals surface area contributed by atoms with E-state index >= 15 is 0 Å². The summed E-state index contributed by atoms with van der Waals surface area (Å²) in [5, 5.41) is 2.79. The molecular weight excluding hydrogens is 318 g/mol. The third-order valence-corrected chi connectivity index (χ3v) is 4.29. The molecule has 1 aliphatic carbocycles. The van der Waals surface area contributed by atoms with Gasteiger partial charge in [-0.2, -0.15) is 0 Å². The molecule has 136 valence electrons.